The van der Waals surface area contributed by atoms with Crippen molar-refractivity contribution in [2.24, 2.45) is 40.9 Å². The Hall–Kier alpha value is -1.13. The molecule has 0 amide bonds. The summed E-state index contributed by atoms with van der Waals surface area (Å²) in [5.74, 6) is 4.73. The predicted molar refractivity (Wildman–Crippen MR) is 131 cm³/mol. The van der Waals surface area contributed by atoms with Crippen molar-refractivity contribution in [2.45, 2.75) is 103 Å². The lowest BCUT2D eigenvalue weighted by Gasteiger charge is -2.52. The maximum absolute atomic E-state index is 7.06. The third-order valence-corrected chi connectivity index (χ3v) is 11.9. The topological polar surface area (TPSA) is 49.9 Å². The number of nitrogens with zero attached hydrogens (tertiary/aromatic N) is 1. The van der Waals surface area contributed by atoms with Crippen LogP contribution < -0.4 is 5.32 Å². The standard InChI is InChI=1S/C29H43N3O/c1-16-9-26-27(30-14-16)18(3)29(33-26)8-7-21-22-6-5-20-10-25-19(15-31-32-25)13-28(20,4)24(22)11-23(21)17(2)12-29/h15-16,18,20-22,24,26-27,30H,5-14H2,1-4H3,(H,31,32)/t16-,18?,20?,21?,22?,24?,26?,27?,28?,29?/m0/s1. The van der Waals surface area contributed by atoms with Crippen LogP contribution in [0.15, 0.2) is 17.3 Å². The summed E-state index contributed by atoms with van der Waals surface area (Å²) in [6, 6.07) is 0.561. The summed E-state index contributed by atoms with van der Waals surface area (Å²) in [4.78, 5) is 0. The largest absolute Gasteiger partial charge is 0.369 e. The van der Waals surface area contributed by atoms with Crippen LogP contribution in [0.2, 0.25) is 0 Å². The molecule has 3 heterocycles. The number of ether oxygens (including phenoxy) is 1. The fourth-order valence-corrected chi connectivity index (χ4v) is 10.0. The van der Waals surface area contributed by atoms with Crippen molar-refractivity contribution in [3.05, 3.63) is 28.6 Å². The molecule has 2 saturated carbocycles. The summed E-state index contributed by atoms with van der Waals surface area (Å²) in [5.41, 5.74) is 7.00. The Bertz CT molecular complexity index is 981. The minimum absolute atomic E-state index is 0.0704. The second kappa shape index (κ2) is 7.20. The number of hydrogen-bond acceptors (Lipinski definition) is 3. The van der Waals surface area contributed by atoms with E-state index in [2.05, 4.69) is 49.4 Å². The summed E-state index contributed by atoms with van der Waals surface area (Å²) < 4.78 is 7.06. The first kappa shape index (κ1) is 21.2. The molecule has 1 spiro atoms. The lowest BCUT2D eigenvalue weighted by atomic mass is 9.52. The van der Waals surface area contributed by atoms with Gasteiger partial charge in [-0.3, -0.25) is 5.10 Å². The van der Waals surface area contributed by atoms with Crippen molar-refractivity contribution in [2.75, 3.05) is 6.54 Å². The first-order valence-electron chi connectivity index (χ1n) is 14.0. The van der Waals surface area contributed by atoms with Crippen LogP contribution in [0.1, 0.15) is 83.9 Å². The number of nitrogens with one attached hydrogen (secondary N) is 2. The van der Waals surface area contributed by atoms with Gasteiger partial charge in [-0.05, 0) is 112 Å². The number of aromatic amines is 1. The van der Waals surface area contributed by atoms with Crippen LogP contribution in [-0.2, 0) is 17.6 Å². The molecule has 0 bridgehead atoms. The molecule has 0 aromatic carbocycles. The lowest BCUT2D eigenvalue weighted by molar-refractivity contribution is -0.0733. The smallest absolute Gasteiger partial charge is 0.0765 e. The molecule has 4 aliphatic carbocycles. The average Bonchev–Trinajstić information content (AvgIpc) is 3.43. The molecule has 10 atom stereocenters. The molecule has 1 aromatic heterocycles. The van der Waals surface area contributed by atoms with Crippen LogP contribution in [-0.4, -0.2) is 34.5 Å². The van der Waals surface area contributed by atoms with Gasteiger partial charge in [0.2, 0.25) is 0 Å². The Balaban J connectivity index is 1.19. The van der Waals surface area contributed by atoms with E-state index >= 15 is 0 Å². The van der Waals surface area contributed by atoms with E-state index in [0.29, 0.717) is 23.5 Å². The molecule has 9 unspecified atom stereocenters. The van der Waals surface area contributed by atoms with Crippen molar-refractivity contribution in [1.82, 2.24) is 15.5 Å². The zero-order chi connectivity index (χ0) is 22.5. The molecule has 33 heavy (non-hydrogen) atoms. The van der Waals surface area contributed by atoms with Crippen molar-refractivity contribution in [3.63, 3.8) is 0 Å². The average molecular weight is 450 g/mol. The van der Waals surface area contributed by atoms with Gasteiger partial charge in [0.25, 0.3) is 0 Å². The van der Waals surface area contributed by atoms with E-state index in [0.717, 1.165) is 36.1 Å². The van der Waals surface area contributed by atoms with E-state index in [9.17, 15) is 0 Å². The third kappa shape index (κ3) is 2.92. The maximum atomic E-state index is 7.06. The van der Waals surface area contributed by atoms with Crippen molar-refractivity contribution in [1.29, 1.82) is 0 Å². The first-order valence-corrected chi connectivity index (χ1v) is 14.0. The second-order valence-electron chi connectivity index (χ2n) is 13.4. The number of aromatic nitrogens is 2. The minimum atomic E-state index is 0.0704. The maximum Gasteiger partial charge on any atom is 0.0765 e. The van der Waals surface area contributed by atoms with Crippen LogP contribution in [0.25, 0.3) is 0 Å². The molecular formula is C29H43N3O. The highest BCUT2D eigenvalue weighted by atomic mass is 16.5. The molecule has 4 nitrogen and oxygen atoms in total. The van der Waals surface area contributed by atoms with Gasteiger partial charge in [-0.1, -0.05) is 31.9 Å². The zero-order valence-electron chi connectivity index (χ0n) is 21.1. The lowest BCUT2D eigenvalue weighted by Crippen LogP contribution is -2.48. The fraction of sp³-hybridized carbons (Fsp3) is 0.828. The molecule has 7 rings (SSSR count). The molecule has 2 N–H and O–H groups in total. The molecule has 4 fully saturated rings. The number of rotatable bonds is 0. The molecule has 0 radical (unpaired) electrons. The predicted octanol–water partition coefficient (Wildman–Crippen LogP) is 5.45. The highest BCUT2D eigenvalue weighted by Crippen LogP contribution is 2.64. The number of hydrogen-bond donors (Lipinski definition) is 2. The molecule has 6 aliphatic rings. The van der Waals surface area contributed by atoms with Gasteiger partial charge in [-0.25, -0.2) is 0 Å². The van der Waals surface area contributed by atoms with E-state index in [4.69, 9.17) is 4.74 Å². The Kier molecular flexibility index (Phi) is 4.62. The third-order valence-electron chi connectivity index (χ3n) is 11.9. The van der Waals surface area contributed by atoms with Gasteiger partial charge < -0.3 is 10.1 Å². The Morgan fingerprint density at radius 2 is 2.00 bits per heavy atom. The number of piperidine rings is 1. The second-order valence-corrected chi connectivity index (χ2v) is 13.4. The SMILES string of the molecule is CC1=C2CC3C(CCC4Cc5[nH]ncc5CC43C)C2CCC2(C1)OC1C[C@H](C)CNC1C2C. The van der Waals surface area contributed by atoms with Gasteiger partial charge in [0, 0.05) is 17.7 Å². The quantitative estimate of drug-likeness (QED) is 0.518. The normalized spacial score (nSPS) is 50.9. The summed E-state index contributed by atoms with van der Waals surface area (Å²) in [6.07, 6.45) is 14.2. The molecule has 2 aliphatic heterocycles. The molecule has 2 saturated heterocycles. The van der Waals surface area contributed by atoms with Crippen molar-refractivity contribution < 1.29 is 4.74 Å². The number of allylic oxidation sites excluding steroid dienone is 1. The van der Waals surface area contributed by atoms with Gasteiger partial charge in [-0.2, -0.15) is 5.10 Å². The zero-order valence-corrected chi connectivity index (χ0v) is 21.1. The first-order chi connectivity index (χ1) is 15.9. The number of H-pyrrole nitrogens is 1. The Labute approximate surface area is 199 Å². The van der Waals surface area contributed by atoms with Gasteiger partial charge in [0.1, 0.15) is 0 Å². The summed E-state index contributed by atoms with van der Waals surface area (Å²) >= 11 is 0. The van der Waals surface area contributed by atoms with Crippen LogP contribution in [0.5, 0.6) is 0 Å². The van der Waals surface area contributed by atoms with Gasteiger partial charge in [0.15, 0.2) is 0 Å². The van der Waals surface area contributed by atoms with E-state index in [1.54, 1.807) is 5.57 Å². The number of fused-ring (bicyclic) bond motifs is 7. The van der Waals surface area contributed by atoms with Crippen LogP contribution >= 0.6 is 0 Å². The van der Waals surface area contributed by atoms with E-state index < -0.39 is 0 Å². The molecular weight excluding hydrogens is 406 g/mol. The van der Waals surface area contributed by atoms with E-state index in [-0.39, 0.29) is 5.60 Å². The van der Waals surface area contributed by atoms with E-state index in [1.165, 1.54) is 69.0 Å². The minimum Gasteiger partial charge on any atom is -0.369 e. The van der Waals surface area contributed by atoms with Crippen LogP contribution in [0, 0.1) is 40.9 Å². The molecule has 1 aromatic rings. The van der Waals surface area contributed by atoms with Crippen molar-refractivity contribution >= 4 is 0 Å². The monoisotopic (exact) mass is 449 g/mol. The highest BCUT2D eigenvalue weighted by Gasteiger charge is 2.59. The summed E-state index contributed by atoms with van der Waals surface area (Å²) in [6.45, 7) is 11.2. The highest BCUT2D eigenvalue weighted by molar-refractivity contribution is 5.32. The Morgan fingerprint density at radius 3 is 2.88 bits per heavy atom. The summed E-state index contributed by atoms with van der Waals surface area (Å²) in [7, 11) is 0. The van der Waals surface area contributed by atoms with Gasteiger partial charge in [-0.15, -0.1) is 0 Å². The van der Waals surface area contributed by atoms with E-state index in [1.807, 2.05) is 5.57 Å². The van der Waals surface area contributed by atoms with Crippen LogP contribution in [0.3, 0.4) is 0 Å². The molecule has 180 valence electrons. The molecule has 4 heteroatoms. The van der Waals surface area contributed by atoms with Crippen molar-refractivity contribution in [3.8, 4) is 0 Å². The fourth-order valence-electron chi connectivity index (χ4n) is 10.0. The van der Waals surface area contributed by atoms with Gasteiger partial charge >= 0.3 is 0 Å². The van der Waals surface area contributed by atoms with Gasteiger partial charge in [0.05, 0.1) is 17.9 Å². The summed E-state index contributed by atoms with van der Waals surface area (Å²) in [5, 5.41) is 11.6. The Morgan fingerprint density at radius 1 is 1.12 bits per heavy atom. The van der Waals surface area contributed by atoms with Crippen LogP contribution in [0.4, 0.5) is 0 Å².